The molecule has 0 bridgehead atoms. The van der Waals surface area contributed by atoms with Crippen molar-refractivity contribution in [2.24, 2.45) is 17.8 Å². The number of nitrogens with one attached hydrogen (secondary N) is 1. The first kappa shape index (κ1) is 27.5. The van der Waals surface area contributed by atoms with E-state index in [4.69, 9.17) is 4.74 Å². The molecule has 1 saturated heterocycles. The Kier molecular flexibility index (Phi) is 10.2. The maximum atomic E-state index is 13.4. The Hall–Kier alpha value is -2.74. The SMILES string of the molecule is CC(C)C[C@H](NC(=O)C(C)C(=O)[C@@H]([NH3+])C(C)C)C(=O)N1CCC[C@H]1C(=O)OCc1ccccc1. The van der Waals surface area contributed by atoms with Crippen molar-refractivity contribution in [1.29, 1.82) is 0 Å². The lowest BCUT2D eigenvalue weighted by Gasteiger charge is -2.29. The van der Waals surface area contributed by atoms with Crippen LogP contribution in [0.25, 0.3) is 0 Å². The van der Waals surface area contributed by atoms with E-state index in [1.807, 2.05) is 58.0 Å². The lowest BCUT2D eigenvalue weighted by molar-refractivity contribution is -0.414. The molecule has 4 atom stereocenters. The molecule has 1 aromatic rings. The molecule has 0 aliphatic carbocycles. The normalized spacial score (nSPS) is 18.5. The number of amides is 2. The van der Waals surface area contributed by atoms with Gasteiger partial charge in [-0.15, -0.1) is 0 Å². The van der Waals surface area contributed by atoms with Crippen LogP contribution in [0.1, 0.15) is 59.4 Å². The van der Waals surface area contributed by atoms with Crippen LogP contribution >= 0.6 is 0 Å². The third-order valence-electron chi connectivity index (χ3n) is 6.34. The van der Waals surface area contributed by atoms with Crippen molar-refractivity contribution >= 4 is 23.6 Å². The number of hydrogen-bond donors (Lipinski definition) is 2. The largest absolute Gasteiger partial charge is 0.459 e. The monoisotopic (exact) mass is 474 g/mol. The summed E-state index contributed by atoms with van der Waals surface area (Å²) in [5.41, 5.74) is 4.75. The zero-order valence-electron chi connectivity index (χ0n) is 21.1. The highest BCUT2D eigenvalue weighted by atomic mass is 16.5. The highest BCUT2D eigenvalue weighted by Gasteiger charge is 2.40. The third-order valence-corrected chi connectivity index (χ3v) is 6.34. The number of ketones is 1. The van der Waals surface area contributed by atoms with Gasteiger partial charge in [-0.3, -0.25) is 14.4 Å². The first-order chi connectivity index (χ1) is 16.0. The first-order valence-electron chi connectivity index (χ1n) is 12.2. The van der Waals surface area contributed by atoms with Crippen molar-refractivity contribution in [3.05, 3.63) is 35.9 Å². The summed E-state index contributed by atoms with van der Waals surface area (Å²) in [4.78, 5) is 53.2. The molecular formula is C26H40N3O5+. The molecule has 1 aliphatic heterocycles. The van der Waals surface area contributed by atoms with Crippen LogP contribution in [-0.2, 0) is 30.5 Å². The van der Waals surface area contributed by atoms with Gasteiger partial charge in [-0.1, -0.05) is 58.0 Å². The number of benzene rings is 1. The number of rotatable bonds is 11. The third kappa shape index (κ3) is 7.38. The minimum Gasteiger partial charge on any atom is -0.459 e. The first-order valence-corrected chi connectivity index (χ1v) is 12.2. The maximum absolute atomic E-state index is 13.4. The van der Waals surface area contributed by atoms with Crippen molar-refractivity contribution in [1.82, 2.24) is 10.2 Å². The van der Waals surface area contributed by atoms with E-state index in [2.05, 4.69) is 11.1 Å². The molecule has 2 amide bonds. The molecular weight excluding hydrogens is 434 g/mol. The molecule has 0 spiro atoms. The molecule has 4 N–H and O–H groups in total. The molecule has 1 aliphatic rings. The van der Waals surface area contributed by atoms with E-state index in [0.29, 0.717) is 25.8 Å². The second-order valence-electron chi connectivity index (χ2n) is 9.95. The van der Waals surface area contributed by atoms with Gasteiger partial charge in [-0.05, 0) is 37.7 Å². The number of hydrogen-bond acceptors (Lipinski definition) is 5. The Morgan fingerprint density at radius 1 is 1.09 bits per heavy atom. The molecule has 8 heteroatoms. The van der Waals surface area contributed by atoms with Crippen molar-refractivity contribution in [3.63, 3.8) is 0 Å². The summed E-state index contributed by atoms with van der Waals surface area (Å²) in [6.45, 7) is 9.81. The number of likely N-dealkylation sites (tertiary alicyclic amines) is 1. The average molecular weight is 475 g/mol. The molecule has 188 valence electrons. The van der Waals surface area contributed by atoms with Crippen molar-refractivity contribution in [2.45, 2.75) is 78.6 Å². The number of Topliss-reactive ketones (excluding diaryl/α,β-unsaturated/α-hetero) is 1. The average Bonchev–Trinajstić information content (AvgIpc) is 3.30. The molecule has 1 heterocycles. The van der Waals surface area contributed by atoms with Crippen LogP contribution in [-0.4, -0.2) is 53.1 Å². The van der Waals surface area contributed by atoms with Crippen LogP contribution in [0.3, 0.4) is 0 Å². The van der Waals surface area contributed by atoms with Gasteiger partial charge in [0.15, 0.2) is 0 Å². The molecule has 34 heavy (non-hydrogen) atoms. The van der Waals surface area contributed by atoms with Crippen LogP contribution in [0, 0.1) is 17.8 Å². The molecule has 1 aromatic carbocycles. The summed E-state index contributed by atoms with van der Waals surface area (Å²) in [6.07, 6.45) is 1.62. The summed E-state index contributed by atoms with van der Waals surface area (Å²) in [7, 11) is 0. The fourth-order valence-electron chi connectivity index (χ4n) is 4.07. The second kappa shape index (κ2) is 12.6. The van der Waals surface area contributed by atoms with Gasteiger partial charge in [0.25, 0.3) is 0 Å². The van der Waals surface area contributed by atoms with E-state index in [0.717, 1.165) is 5.56 Å². The molecule has 0 radical (unpaired) electrons. The van der Waals surface area contributed by atoms with Gasteiger partial charge in [0.05, 0.1) is 5.92 Å². The fourth-order valence-corrected chi connectivity index (χ4v) is 4.07. The van der Waals surface area contributed by atoms with Crippen LogP contribution in [0.15, 0.2) is 30.3 Å². The van der Waals surface area contributed by atoms with Gasteiger partial charge < -0.3 is 20.7 Å². The van der Waals surface area contributed by atoms with Gasteiger partial charge in [0.2, 0.25) is 17.6 Å². The predicted octanol–water partition coefficient (Wildman–Crippen LogP) is 1.72. The zero-order valence-corrected chi connectivity index (χ0v) is 21.1. The highest BCUT2D eigenvalue weighted by Crippen LogP contribution is 2.22. The summed E-state index contributed by atoms with van der Waals surface area (Å²) >= 11 is 0. The molecule has 1 unspecified atom stereocenters. The summed E-state index contributed by atoms with van der Waals surface area (Å²) in [5.74, 6) is -2.24. The van der Waals surface area contributed by atoms with Crippen LogP contribution in [0.2, 0.25) is 0 Å². The standard InChI is InChI=1S/C26H39N3O5/c1-16(2)14-20(28-24(31)18(5)23(30)22(27)17(3)4)25(32)29-13-9-12-21(29)26(33)34-15-19-10-7-6-8-11-19/h6-8,10-11,16-18,20-22H,9,12-15,27H2,1-5H3,(H,28,31)/p+1/t18?,20-,21-,22-/m0/s1. The van der Waals surface area contributed by atoms with Crippen molar-refractivity contribution < 1.29 is 29.6 Å². The van der Waals surface area contributed by atoms with Gasteiger partial charge >= 0.3 is 5.97 Å². The summed E-state index contributed by atoms with van der Waals surface area (Å²) < 4.78 is 5.48. The van der Waals surface area contributed by atoms with Gasteiger partial charge in [-0.25, -0.2) is 4.79 Å². The van der Waals surface area contributed by atoms with Crippen LogP contribution < -0.4 is 11.1 Å². The number of carbonyl (C=O) groups excluding carboxylic acids is 4. The van der Waals surface area contributed by atoms with E-state index in [-0.39, 0.29) is 30.1 Å². The van der Waals surface area contributed by atoms with E-state index < -0.39 is 35.9 Å². The van der Waals surface area contributed by atoms with Gasteiger partial charge in [-0.2, -0.15) is 0 Å². The Balaban J connectivity index is 2.08. The number of nitrogens with zero attached hydrogens (tertiary/aromatic N) is 1. The maximum Gasteiger partial charge on any atom is 0.329 e. The fraction of sp³-hybridized carbons (Fsp3) is 0.615. The topological polar surface area (TPSA) is 120 Å². The van der Waals surface area contributed by atoms with E-state index >= 15 is 0 Å². The Morgan fingerprint density at radius 2 is 1.74 bits per heavy atom. The van der Waals surface area contributed by atoms with Crippen molar-refractivity contribution in [2.75, 3.05) is 6.54 Å². The zero-order chi connectivity index (χ0) is 25.4. The number of quaternary nitrogens is 1. The summed E-state index contributed by atoms with van der Waals surface area (Å²) in [5, 5.41) is 2.79. The van der Waals surface area contributed by atoms with Crippen LogP contribution in [0.5, 0.6) is 0 Å². The Morgan fingerprint density at radius 3 is 2.32 bits per heavy atom. The number of carbonyl (C=O) groups is 4. The molecule has 1 fully saturated rings. The smallest absolute Gasteiger partial charge is 0.329 e. The Labute approximate surface area is 202 Å². The lowest BCUT2D eigenvalue weighted by atomic mass is 9.91. The van der Waals surface area contributed by atoms with Crippen LogP contribution in [0.4, 0.5) is 0 Å². The molecule has 2 rings (SSSR count). The van der Waals surface area contributed by atoms with E-state index in [1.54, 1.807) is 6.92 Å². The van der Waals surface area contributed by atoms with Crippen molar-refractivity contribution in [3.8, 4) is 0 Å². The Bertz CT molecular complexity index is 855. The van der Waals surface area contributed by atoms with Gasteiger partial charge in [0, 0.05) is 12.5 Å². The number of esters is 1. The minimum absolute atomic E-state index is 0.0168. The molecule has 8 nitrogen and oxygen atoms in total. The molecule has 0 aromatic heterocycles. The minimum atomic E-state index is -0.905. The highest BCUT2D eigenvalue weighted by molar-refractivity contribution is 6.04. The number of ether oxygens (including phenoxy) is 1. The molecule has 0 saturated carbocycles. The second-order valence-corrected chi connectivity index (χ2v) is 9.95. The lowest BCUT2D eigenvalue weighted by Crippen LogP contribution is -2.69. The van der Waals surface area contributed by atoms with E-state index in [1.165, 1.54) is 4.90 Å². The summed E-state index contributed by atoms with van der Waals surface area (Å²) in [6, 6.07) is 7.39. The predicted molar refractivity (Wildman–Crippen MR) is 128 cm³/mol. The quantitative estimate of drug-likeness (QED) is 0.374. The van der Waals surface area contributed by atoms with Gasteiger partial charge in [0.1, 0.15) is 24.7 Å². The van der Waals surface area contributed by atoms with E-state index in [9.17, 15) is 19.2 Å².